The van der Waals surface area contributed by atoms with Crippen LogP contribution in [-0.4, -0.2) is 47.1 Å². The molecule has 0 unspecified atom stereocenters. The minimum Gasteiger partial charge on any atom is -0.356 e. The zero-order chi connectivity index (χ0) is 17.5. The Hall–Kier alpha value is -2.28. The van der Waals surface area contributed by atoms with Gasteiger partial charge in [-0.2, -0.15) is 4.98 Å². The standard InChI is InChI=1S/C18H23FN4O2/c19-15-7-2-1-6-14(15)18-21-17(25-22-18)9-8-16(24)20-10-5-13-23-11-3-4-12-23/h1-2,6-7H,3-5,8-13H2,(H,20,24). The van der Waals surface area contributed by atoms with Crippen LogP contribution in [0.2, 0.25) is 0 Å². The molecule has 0 saturated carbocycles. The molecule has 0 spiro atoms. The van der Waals surface area contributed by atoms with Crippen molar-refractivity contribution in [1.82, 2.24) is 20.4 Å². The number of aryl methyl sites for hydroxylation is 1. The molecule has 6 nitrogen and oxygen atoms in total. The highest BCUT2D eigenvalue weighted by molar-refractivity contribution is 5.75. The molecule has 1 aliphatic rings. The van der Waals surface area contributed by atoms with Gasteiger partial charge < -0.3 is 14.7 Å². The predicted molar refractivity (Wildman–Crippen MR) is 91.3 cm³/mol. The van der Waals surface area contributed by atoms with Crippen LogP contribution in [0.5, 0.6) is 0 Å². The van der Waals surface area contributed by atoms with E-state index in [-0.39, 0.29) is 18.2 Å². The quantitative estimate of drug-likeness (QED) is 0.743. The second-order valence-electron chi connectivity index (χ2n) is 6.24. The number of amides is 1. The van der Waals surface area contributed by atoms with Crippen LogP contribution in [0.1, 0.15) is 31.6 Å². The van der Waals surface area contributed by atoms with Gasteiger partial charge in [0, 0.05) is 19.4 Å². The van der Waals surface area contributed by atoms with Crippen LogP contribution in [0.3, 0.4) is 0 Å². The molecule has 0 aliphatic carbocycles. The highest BCUT2D eigenvalue weighted by Crippen LogP contribution is 2.19. The van der Waals surface area contributed by atoms with Gasteiger partial charge >= 0.3 is 0 Å². The van der Waals surface area contributed by atoms with Crippen molar-refractivity contribution in [3.8, 4) is 11.4 Å². The smallest absolute Gasteiger partial charge is 0.227 e. The van der Waals surface area contributed by atoms with Crippen LogP contribution in [0.15, 0.2) is 28.8 Å². The lowest BCUT2D eigenvalue weighted by molar-refractivity contribution is -0.121. The minimum absolute atomic E-state index is 0.0351. The maximum atomic E-state index is 13.7. The van der Waals surface area contributed by atoms with E-state index in [4.69, 9.17) is 4.52 Å². The molecule has 0 bridgehead atoms. The number of rotatable bonds is 8. The number of benzene rings is 1. The zero-order valence-electron chi connectivity index (χ0n) is 14.2. The molecule has 0 radical (unpaired) electrons. The van der Waals surface area contributed by atoms with E-state index in [2.05, 4.69) is 20.4 Å². The van der Waals surface area contributed by atoms with Gasteiger partial charge in [0.05, 0.1) is 5.56 Å². The van der Waals surface area contributed by atoms with Gasteiger partial charge in [0.2, 0.25) is 17.6 Å². The van der Waals surface area contributed by atoms with E-state index in [9.17, 15) is 9.18 Å². The molecule has 1 aromatic heterocycles. The van der Waals surface area contributed by atoms with Crippen LogP contribution in [0.4, 0.5) is 4.39 Å². The van der Waals surface area contributed by atoms with Gasteiger partial charge in [0.1, 0.15) is 5.82 Å². The van der Waals surface area contributed by atoms with Crippen molar-refractivity contribution in [3.05, 3.63) is 36.0 Å². The van der Waals surface area contributed by atoms with Crippen LogP contribution in [0, 0.1) is 5.82 Å². The largest absolute Gasteiger partial charge is 0.356 e. The van der Waals surface area contributed by atoms with Crippen molar-refractivity contribution in [2.75, 3.05) is 26.2 Å². The van der Waals surface area contributed by atoms with Crippen molar-refractivity contribution >= 4 is 5.91 Å². The monoisotopic (exact) mass is 346 g/mol. The number of carbonyl (C=O) groups excluding carboxylic acids is 1. The van der Waals surface area contributed by atoms with Gasteiger partial charge in [-0.1, -0.05) is 17.3 Å². The van der Waals surface area contributed by atoms with Crippen molar-refractivity contribution < 1.29 is 13.7 Å². The summed E-state index contributed by atoms with van der Waals surface area (Å²) >= 11 is 0. The van der Waals surface area contributed by atoms with E-state index < -0.39 is 5.82 Å². The lowest BCUT2D eigenvalue weighted by atomic mass is 10.2. The van der Waals surface area contributed by atoms with E-state index in [0.29, 0.717) is 24.4 Å². The van der Waals surface area contributed by atoms with E-state index in [1.807, 2.05) is 0 Å². The molecule has 2 aromatic rings. The Balaban J connectivity index is 1.38. The molecule has 1 fully saturated rings. The van der Waals surface area contributed by atoms with E-state index in [1.54, 1.807) is 18.2 Å². The number of nitrogens with zero attached hydrogens (tertiary/aromatic N) is 3. The first-order valence-electron chi connectivity index (χ1n) is 8.79. The molecule has 7 heteroatoms. The summed E-state index contributed by atoms with van der Waals surface area (Å²) in [5.74, 6) is 0.113. The number of hydrogen-bond donors (Lipinski definition) is 1. The summed E-state index contributed by atoms with van der Waals surface area (Å²) in [5.41, 5.74) is 0.295. The van der Waals surface area contributed by atoms with Gasteiger partial charge in [-0.3, -0.25) is 4.79 Å². The van der Waals surface area contributed by atoms with Gasteiger partial charge in [-0.05, 0) is 51.0 Å². The van der Waals surface area contributed by atoms with Crippen LogP contribution >= 0.6 is 0 Å². The SMILES string of the molecule is O=C(CCc1nc(-c2ccccc2F)no1)NCCCN1CCCC1. The third kappa shape index (κ3) is 5.09. The number of aromatic nitrogens is 2. The molecule has 2 heterocycles. The average Bonchev–Trinajstić information content (AvgIpc) is 3.29. The summed E-state index contributed by atoms with van der Waals surface area (Å²) in [6.45, 7) is 4.07. The van der Waals surface area contributed by atoms with Gasteiger partial charge in [0.25, 0.3) is 0 Å². The lowest BCUT2D eigenvalue weighted by Crippen LogP contribution is -2.28. The Morgan fingerprint density at radius 2 is 2.08 bits per heavy atom. The third-order valence-corrected chi connectivity index (χ3v) is 4.32. The first-order chi connectivity index (χ1) is 12.2. The number of nitrogens with one attached hydrogen (secondary N) is 1. The van der Waals surface area contributed by atoms with E-state index >= 15 is 0 Å². The van der Waals surface area contributed by atoms with Crippen LogP contribution < -0.4 is 5.32 Å². The van der Waals surface area contributed by atoms with Crippen LogP contribution in [-0.2, 0) is 11.2 Å². The summed E-state index contributed by atoms with van der Waals surface area (Å²) in [6, 6.07) is 6.26. The molecule has 3 rings (SSSR count). The van der Waals surface area contributed by atoms with Crippen molar-refractivity contribution in [1.29, 1.82) is 0 Å². The summed E-state index contributed by atoms with van der Waals surface area (Å²) in [4.78, 5) is 18.5. The molecule has 134 valence electrons. The fourth-order valence-corrected chi connectivity index (χ4v) is 2.95. The fourth-order valence-electron chi connectivity index (χ4n) is 2.95. The molecule has 1 amide bonds. The number of halogens is 1. The average molecular weight is 346 g/mol. The first-order valence-corrected chi connectivity index (χ1v) is 8.79. The summed E-state index contributed by atoms with van der Waals surface area (Å²) < 4.78 is 18.8. The second kappa shape index (κ2) is 8.71. The van der Waals surface area contributed by atoms with Crippen molar-refractivity contribution in [3.63, 3.8) is 0 Å². The first kappa shape index (κ1) is 17.5. The highest BCUT2D eigenvalue weighted by Gasteiger charge is 2.14. The van der Waals surface area contributed by atoms with Gasteiger partial charge in [-0.25, -0.2) is 4.39 Å². The third-order valence-electron chi connectivity index (χ3n) is 4.32. The lowest BCUT2D eigenvalue weighted by Gasteiger charge is -2.14. The van der Waals surface area contributed by atoms with Crippen molar-refractivity contribution in [2.24, 2.45) is 0 Å². The second-order valence-corrected chi connectivity index (χ2v) is 6.24. The molecule has 0 atom stereocenters. The predicted octanol–water partition coefficient (Wildman–Crippen LogP) is 2.41. The normalized spacial score (nSPS) is 14.8. The summed E-state index contributed by atoms with van der Waals surface area (Å²) in [5, 5.41) is 6.69. The molecule has 1 saturated heterocycles. The molecule has 1 N–H and O–H groups in total. The number of likely N-dealkylation sites (tertiary alicyclic amines) is 1. The summed E-state index contributed by atoms with van der Waals surface area (Å²) in [7, 11) is 0. The molecule has 1 aliphatic heterocycles. The number of carbonyl (C=O) groups is 1. The molecular formula is C18H23FN4O2. The van der Waals surface area contributed by atoms with E-state index in [1.165, 1.54) is 32.0 Å². The minimum atomic E-state index is -0.398. The Morgan fingerprint density at radius 3 is 2.88 bits per heavy atom. The Bertz CT molecular complexity index is 698. The van der Waals surface area contributed by atoms with Crippen molar-refractivity contribution in [2.45, 2.75) is 32.1 Å². The molecule has 25 heavy (non-hydrogen) atoms. The fraction of sp³-hybridized carbons (Fsp3) is 0.500. The Labute approximate surface area is 146 Å². The highest BCUT2D eigenvalue weighted by atomic mass is 19.1. The van der Waals surface area contributed by atoms with E-state index in [0.717, 1.165) is 13.0 Å². The maximum Gasteiger partial charge on any atom is 0.227 e. The Morgan fingerprint density at radius 1 is 1.28 bits per heavy atom. The topological polar surface area (TPSA) is 71.3 Å². The Kier molecular flexibility index (Phi) is 6.11. The van der Waals surface area contributed by atoms with Gasteiger partial charge in [-0.15, -0.1) is 0 Å². The maximum absolute atomic E-state index is 13.7. The zero-order valence-corrected chi connectivity index (χ0v) is 14.2. The summed E-state index contributed by atoms with van der Waals surface area (Å²) in [6.07, 6.45) is 4.16. The molecule has 1 aromatic carbocycles. The van der Waals surface area contributed by atoms with Crippen LogP contribution in [0.25, 0.3) is 11.4 Å². The number of hydrogen-bond acceptors (Lipinski definition) is 5. The van der Waals surface area contributed by atoms with Gasteiger partial charge in [0.15, 0.2) is 0 Å². The molecular weight excluding hydrogens is 323 g/mol.